The van der Waals surface area contributed by atoms with Gasteiger partial charge in [0, 0.05) is 11.1 Å². The van der Waals surface area contributed by atoms with Gasteiger partial charge in [0.25, 0.3) is 0 Å². The van der Waals surface area contributed by atoms with E-state index in [1.54, 1.807) is 0 Å². The van der Waals surface area contributed by atoms with Crippen molar-refractivity contribution in [3.63, 3.8) is 0 Å². The second-order valence-electron chi connectivity index (χ2n) is 6.65. The van der Waals surface area contributed by atoms with Crippen LogP contribution >= 0.6 is 11.6 Å². The van der Waals surface area contributed by atoms with Gasteiger partial charge in [0.2, 0.25) is 0 Å². The lowest BCUT2D eigenvalue weighted by Crippen LogP contribution is -2.37. The second-order valence-corrected chi connectivity index (χ2v) is 7.09. The van der Waals surface area contributed by atoms with Gasteiger partial charge >= 0.3 is 0 Å². The van der Waals surface area contributed by atoms with E-state index < -0.39 is 0 Å². The highest BCUT2D eigenvalue weighted by molar-refractivity contribution is 6.30. The van der Waals surface area contributed by atoms with Gasteiger partial charge in [-0.25, -0.2) is 0 Å². The molecular weight excluding hydrogens is 278 g/mol. The van der Waals surface area contributed by atoms with Crippen molar-refractivity contribution in [2.45, 2.75) is 64.3 Å². The van der Waals surface area contributed by atoms with Gasteiger partial charge in [-0.05, 0) is 55.8 Å². The topological polar surface area (TPSA) is 12.0 Å². The Morgan fingerprint density at radius 1 is 1.14 bits per heavy atom. The van der Waals surface area contributed by atoms with Crippen molar-refractivity contribution in [1.82, 2.24) is 5.32 Å². The molecule has 2 rings (SSSR count). The van der Waals surface area contributed by atoms with E-state index in [0.717, 1.165) is 23.3 Å². The molecule has 0 saturated heterocycles. The summed E-state index contributed by atoms with van der Waals surface area (Å²) >= 11 is 5.97. The van der Waals surface area contributed by atoms with Gasteiger partial charge in [-0.2, -0.15) is 0 Å². The minimum absolute atomic E-state index is 0.610. The molecule has 1 fully saturated rings. The summed E-state index contributed by atoms with van der Waals surface area (Å²) in [4.78, 5) is 0. The number of benzene rings is 1. The van der Waals surface area contributed by atoms with E-state index in [1.165, 1.54) is 50.5 Å². The summed E-state index contributed by atoms with van der Waals surface area (Å²) in [5, 5.41) is 4.39. The summed E-state index contributed by atoms with van der Waals surface area (Å²) in [5.41, 5.74) is 1.40. The van der Waals surface area contributed by atoms with E-state index in [1.807, 2.05) is 12.1 Å². The van der Waals surface area contributed by atoms with Gasteiger partial charge in [0.1, 0.15) is 0 Å². The fraction of sp³-hybridized carbons (Fsp3) is 0.684. The Morgan fingerprint density at radius 3 is 2.38 bits per heavy atom. The van der Waals surface area contributed by atoms with Crippen LogP contribution < -0.4 is 5.32 Å². The molecule has 1 N–H and O–H groups in total. The number of hydrogen-bond acceptors (Lipinski definition) is 1. The van der Waals surface area contributed by atoms with Gasteiger partial charge in [-0.15, -0.1) is 0 Å². The molecule has 0 aliphatic heterocycles. The molecule has 0 bridgehead atoms. The van der Waals surface area contributed by atoms with Crippen molar-refractivity contribution in [2.24, 2.45) is 11.8 Å². The van der Waals surface area contributed by atoms with Gasteiger partial charge in [-0.3, -0.25) is 0 Å². The fourth-order valence-electron chi connectivity index (χ4n) is 3.75. The van der Waals surface area contributed by atoms with Crippen LogP contribution in [-0.4, -0.2) is 13.1 Å². The van der Waals surface area contributed by atoms with Crippen molar-refractivity contribution < 1.29 is 0 Å². The lowest BCUT2D eigenvalue weighted by Gasteiger charge is -2.34. The van der Waals surface area contributed by atoms with Crippen LogP contribution in [0.1, 0.15) is 57.4 Å². The van der Waals surface area contributed by atoms with Gasteiger partial charge < -0.3 is 5.32 Å². The first kappa shape index (κ1) is 16.8. The molecule has 2 heteroatoms. The molecule has 1 atom stereocenters. The Bertz CT molecular complexity index is 393. The Kier molecular flexibility index (Phi) is 7.06. The number of hydrogen-bond donors (Lipinski definition) is 1. The number of likely N-dealkylation sites (N-methyl/N-ethyl adjacent to an activating group) is 1. The van der Waals surface area contributed by atoms with E-state index >= 15 is 0 Å². The normalized spacial score (nSPS) is 24.0. The summed E-state index contributed by atoms with van der Waals surface area (Å²) in [7, 11) is 2.11. The molecule has 21 heavy (non-hydrogen) atoms. The highest BCUT2D eigenvalue weighted by Gasteiger charge is 2.26. The third-order valence-electron chi connectivity index (χ3n) is 5.17. The van der Waals surface area contributed by atoms with Crippen molar-refractivity contribution in [3.05, 3.63) is 34.9 Å². The molecule has 0 aromatic heterocycles. The maximum absolute atomic E-state index is 5.97. The third kappa shape index (κ3) is 5.30. The molecule has 0 heterocycles. The Balaban J connectivity index is 1.83. The highest BCUT2D eigenvalue weighted by Crippen LogP contribution is 2.34. The molecule has 1 saturated carbocycles. The van der Waals surface area contributed by atoms with Gasteiger partial charge in [-0.1, -0.05) is 62.8 Å². The smallest absolute Gasteiger partial charge is 0.0406 e. The summed E-state index contributed by atoms with van der Waals surface area (Å²) in [6.45, 7) is 2.30. The van der Waals surface area contributed by atoms with Gasteiger partial charge in [0.05, 0.1) is 0 Å². The fourth-order valence-corrected chi connectivity index (χ4v) is 3.88. The Hall–Kier alpha value is -0.530. The SMILES string of the molecule is CCCCC1CCC(C(Cc2ccc(Cl)cc2)NC)CC1. The van der Waals surface area contributed by atoms with Crippen LogP contribution in [0.25, 0.3) is 0 Å². The molecule has 0 radical (unpaired) electrons. The van der Waals surface area contributed by atoms with E-state index in [4.69, 9.17) is 11.6 Å². The first-order valence-electron chi connectivity index (χ1n) is 8.64. The monoisotopic (exact) mass is 307 g/mol. The quantitative estimate of drug-likeness (QED) is 0.704. The second kappa shape index (κ2) is 8.80. The highest BCUT2D eigenvalue weighted by atomic mass is 35.5. The van der Waals surface area contributed by atoms with Crippen LogP contribution in [0.15, 0.2) is 24.3 Å². The van der Waals surface area contributed by atoms with E-state index in [-0.39, 0.29) is 0 Å². The van der Waals surface area contributed by atoms with E-state index in [0.29, 0.717) is 6.04 Å². The van der Waals surface area contributed by atoms with Gasteiger partial charge in [0.15, 0.2) is 0 Å². The van der Waals surface area contributed by atoms with Crippen molar-refractivity contribution in [2.75, 3.05) is 7.05 Å². The molecular formula is C19H30ClN. The zero-order chi connectivity index (χ0) is 15.1. The van der Waals surface area contributed by atoms with Crippen LogP contribution in [0.3, 0.4) is 0 Å². The van der Waals surface area contributed by atoms with Crippen LogP contribution in [0.4, 0.5) is 0 Å². The van der Waals surface area contributed by atoms with Crippen LogP contribution in [0, 0.1) is 11.8 Å². The maximum atomic E-state index is 5.97. The van der Waals surface area contributed by atoms with E-state index in [2.05, 4.69) is 31.4 Å². The van der Waals surface area contributed by atoms with Crippen LogP contribution in [0.2, 0.25) is 5.02 Å². The zero-order valence-electron chi connectivity index (χ0n) is 13.6. The van der Waals surface area contributed by atoms with Crippen LogP contribution in [-0.2, 0) is 6.42 Å². The number of nitrogens with one attached hydrogen (secondary N) is 1. The zero-order valence-corrected chi connectivity index (χ0v) is 14.3. The standard InChI is InChI=1S/C19H30ClN/c1-3-4-5-15-6-10-17(11-7-15)19(21-2)14-16-8-12-18(20)13-9-16/h8-9,12-13,15,17,19,21H,3-7,10-11,14H2,1-2H3. The van der Waals surface area contributed by atoms with Crippen molar-refractivity contribution in [3.8, 4) is 0 Å². The number of unbranched alkanes of at least 4 members (excludes halogenated alkanes) is 1. The maximum Gasteiger partial charge on any atom is 0.0406 e. The van der Waals surface area contributed by atoms with Crippen molar-refractivity contribution in [1.29, 1.82) is 0 Å². The Morgan fingerprint density at radius 2 is 1.81 bits per heavy atom. The van der Waals surface area contributed by atoms with Crippen LogP contribution in [0.5, 0.6) is 0 Å². The molecule has 1 aromatic carbocycles. The first-order chi connectivity index (χ1) is 10.2. The number of halogens is 1. The molecule has 118 valence electrons. The third-order valence-corrected chi connectivity index (χ3v) is 5.42. The first-order valence-corrected chi connectivity index (χ1v) is 9.02. The molecule has 1 aliphatic rings. The molecule has 1 aromatic rings. The molecule has 0 spiro atoms. The molecule has 1 unspecified atom stereocenters. The minimum atomic E-state index is 0.610. The largest absolute Gasteiger partial charge is 0.316 e. The minimum Gasteiger partial charge on any atom is -0.316 e. The summed E-state index contributed by atoms with van der Waals surface area (Å²) in [6.07, 6.45) is 11.0. The summed E-state index contributed by atoms with van der Waals surface area (Å²) in [5.74, 6) is 1.83. The lowest BCUT2D eigenvalue weighted by atomic mass is 9.75. The summed E-state index contributed by atoms with van der Waals surface area (Å²) < 4.78 is 0. The molecule has 1 nitrogen and oxygen atoms in total. The Labute approximate surface area is 135 Å². The van der Waals surface area contributed by atoms with Crippen molar-refractivity contribution >= 4 is 11.6 Å². The summed E-state index contributed by atoms with van der Waals surface area (Å²) in [6, 6.07) is 8.95. The molecule has 0 amide bonds. The van der Waals surface area contributed by atoms with E-state index in [9.17, 15) is 0 Å². The average molecular weight is 308 g/mol. The predicted molar refractivity (Wildman–Crippen MR) is 93.0 cm³/mol. The number of rotatable bonds is 7. The predicted octanol–water partition coefficient (Wildman–Crippen LogP) is 5.47. The molecule has 1 aliphatic carbocycles. The average Bonchev–Trinajstić information content (AvgIpc) is 2.53. The lowest BCUT2D eigenvalue weighted by molar-refractivity contribution is 0.216.